The number of carbonyl (C=O) groups excluding carboxylic acids is 2. The predicted molar refractivity (Wildman–Crippen MR) is 55.8 cm³/mol. The van der Waals surface area contributed by atoms with Crippen molar-refractivity contribution >= 4 is 12.0 Å². The Morgan fingerprint density at radius 2 is 2.19 bits per heavy atom. The van der Waals surface area contributed by atoms with Gasteiger partial charge in [0.2, 0.25) is 5.60 Å². The minimum absolute atomic E-state index is 0.333. The van der Waals surface area contributed by atoms with Crippen LogP contribution in [0.1, 0.15) is 23.1 Å². The molecule has 1 N–H and O–H groups in total. The average Bonchev–Trinajstić information content (AvgIpc) is 2.70. The van der Waals surface area contributed by atoms with Gasteiger partial charge in [-0.25, -0.2) is 4.79 Å². The first-order valence-electron chi connectivity index (χ1n) is 5.26. The maximum Gasteiger partial charge on any atom is 0.415 e. The fourth-order valence-corrected chi connectivity index (χ4v) is 2.53. The Morgan fingerprint density at radius 1 is 1.38 bits per heavy atom. The molecule has 1 fully saturated rings. The quantitative estimate of drug-likeness (QED) is 0.714. The lowest BCUT2D eigenvalue weighted by molar-refractivity contribution is -0.131. The molecule has 0 radical (unpaired) electrons. The van der Waals surface area contributed by atoms with Crippen LogP contribution in [0, 0.1) is 6.92 Å². The third-order valence-corrected chi connectivity index (χ3v) is 3.29. The van der Waals surface area contributed by atoms with Gasteiger partial charge in [-0.3, -0.25) is 10.1 Å². The van der Waals surface area contributed by atoms with Gasteiger partial charge in [0.05, 0.1) is 0 Å². The SMILES string of the molecule is Cc1ccc2c(c1)CC[C@@]21OC(=O)NC1=O. The first kappa shape index (κ1) is 9.39. The summed E-state index contributed by atoms with van der Waals surface area (Å²) in [7, 11) is 0. The summed E-state index contributed by atoms with van der Waals surface area (Å²) in [5.74, 6) is -0.333. The Morgan fingerprint density at radius 3 is 2.88 bits per heavy atom. The van der Waals surface area contributed by atoms with Crippen molar-refractivity contribution in [3.05, 3.63) is 34.9 Å². The number of hydrogen-bond donors (Lipinski definition) is 1. The first-order chi connectivity index (χ1) is 7.62. The van der Waals surface area contributed by atoms with E-state index in [9.17, 15) is 9.59 Å². The molecule has 1 saturated heterocycles. The summed E-state index contributed by atoms with van der Waals surface area (Å²) < 4.78 is 5.19. The Hall–Kier alpha value is -1.84. The summed E-state index contributed by atoms with van der Waals surface area (Å²) >= 11 is 0. The summed E-state index contributed by atoms with van der Waals surface area (Å²) in [6.45, 7) is 2.01. The van der Waals surface area contributed by atoms with E-state index < -0.39 is 11.7 Å². The minimum atomic E-state index is -1.06. The second-order valence-electron chi connectivity index (χ2n) is 4.33. The van der Waals surface area contributed by atoms with Crippen LogP contribution in [0.3, 0.4) is 0 Å². The molecule has 82 valence electrons. The number of carbonyl (C=O) groups is 2. The van der Waals surface area contributed by atoms with E-state index in [1.165, 1.54) is 0 Å². The molecule has 3 rings (SSSR count). The molecule has 2 aliphatic rings. The lowest BCUT2D eigenvalue weighted by Crippen LogP contribution is -2.34. The number of hydrogen-bond acceptors (Lipinski definition) is 3. The zero-order chi connectivity index (χ0) is 11.3. The van der Waals surface area contributed by atoms with Crippen LogP contribution in [0.2, 0.25) is 0 Å². The molecule has 2 amide bonds. The highest BCUT2D eigenvalue weighted by atomic mass is 16.6. The van der Waals surface area contributed by atoms with Gasteiger partial charge in [0.1, 0.15) is 0 Å². The highest BCUT2D eigenvalue weighted by Crippen LogP contribution is 2.42. The van der Waals surface area contributed by atoms with Crippen LogP contribution >= 0.6 is 0 Å². The van der Waals surface area contributed by atoms with Crippen LogP contribution in [-0.2, 0) is 21.6 Å². The molecular weight excluding hydrogens is 206 g/mol. The van der Waals surface area contributed by atoms with Gasteiger partial charge in [-0.05, 0) is 18.9 Å². The van der Waals surface area contributed by atoms with Crippen molar-refractivity contribution in [2.45, 2.75) is 25.4 Å². The van der Waals surface area contributed by atoms with E-state index in [0.29, 0.717) is 6.42 Å². The predicted octanol–water partition coefficient (Wildman–Crippen LogP) is 1.40. The molecule has 1 spiro atoms. The number of rotatable bonds is 0. The summed E-state index contributed by atoms with van der Waals surface area (Å²) in [4.78, 5) is 22.9. The molecule has 4 heteroatoms. The monoisotopic (exact) mass is 217 g/mol. The zero-order valence-corrected chi connectivity index (χ0v) is 8.87. The Bertz CT molecular complexity index is 509. The maximum absolute atomic E-state index is 11.8. The van der Waals surface area contributed by atoms with Crippen LogP contribution < -0.4 is 5.32 Å². The fourth-order valence-electron chi connectivity index (χ4n) is 2.53. The van der Waals surface area contributed by atoms with Gasteiger partial charge in [-0.2, -0.15) is 0 Å². The lowest BCUT2D eigenvalue weighted by Gasteiger charge is -2.19. The van der Waals surface area contributed by atoms with Gasteiger partial charge in [-0.15, -0.1) is 0 Å². The van der Waals surface area contributed by atoms with Crippen LogP contribution in [-0.4, -0.2) is 12.0 Å². The highest BCUT2D eigenvalue weighted by Gasteiger charge is 2.53. The number of fused-ring (bicyclic) bond motifs is 2. The second kappa shape index (κ2) is 2.84. The number of ether oxygens (including phenoxy) is 1. The standard InChI is InChI=1S/C12H11NO3/c1-7-2-3-9-8(6-7)4-5-12(9)10(14)13-11(15)16-12/h2-3,6H,4-5H2,1H3,(H,13,14,15)/t12-/m1/s1. The van der Waals surface area contributed by atoms with Crippen molar-refractivity contribution in [3.63, 3.8) is 0 Å². The molecule has 0 bridgehead atoms. The maximum atomic E-state index is 11.8. The van der Waals surface area contributed by atoms with Gasteiger partial charge >= 0.3 is 6.09 Å². The highest BCUT2D eigenvalue weighted by molar-refractivity contribution is 6.04. The molecule has 0 unspecified atom stereocenters. The van der Waals surface area contributed by atoms with E-state index in [-0.39, 0.29) is 5.91 Å². The fraction of sp³-hybridized carbons (Fsp3) is 0.333. The van der Waals surface area contributed by atoms with E-state index in [1.54, 1.807) is 0 Å². The van der Waals surface area contributed by atoms with Gasteiger partial charge < -0.3 is 4.74 Å². The number of imide groups is 1. The van der Waals surface area contributed by atoms with E-state index in [2.05, 4.69) is 5.32 Å². The molecule has 1 aliphatic heterocycles. The molecule has 0 saturated carbocycles. The molecule has 0 aromatic heterocycles. The molecule has 1 aromatic rings. The lowest BCUT2D eigenvalue weighted by atomic mass is 9.95. The van der Waals surface area contributed by atoms with Gasteiger partial charge in [0, 0.05) is 12.0 Å². The Kier molecular flexibility index (Phi) is 1.67. The van der Waals surface area contributed by atoms with E-state index in [1.807, 2.05) is 25.1 Å². The average molecular weight is 217 g/mol. The van der Waals surface area contributed by atoms with Crippen LogP contribution in [0.4, 0.5) is 4.79 Å². The smallest absolute Gasteiger partial charge is 0.415 e. The van der Waals surface area contributed by atoms with E-state index >= 15 is 0 Å². The summed E-state index contributed by atoms with van der Waals surface area (Å²) in [5, 5.41) is 2.20. The van der Waals surface area contributed by atoms with Gasteiger partial charge in [-0.1, -0.05) is 23.8 Å². The summed E-state index contributed by atoms with van der Waals surface area (Å²) in [6, 6.07) is 5.87. The summed E-state index contributed by atoms with van der Waals surface area (Å²) in [6.07, 6.45) is 0.680. The first-order valence-corrected chi connectivity index (χ1v) is 5.26. The van der Waals surface area contributed by atoms with Crippen LogP contribution in [0.15, 0.2) is 18.2 Å². The third kappa shape index (κ3) is 1.04. The molecule has 1 heterocycles. The zero-order valence-electron chi connectivity index (χ0n) is 8.87. The molecular formula is C12H11NO3. The number of nitrogens with one attached hydrogen (secondary N) is 1. The van der Waals surface area contributed by atoms with Crippen LogP contribution in [0.25, 0.3) is 0 Å². The van der Waals surface area contributed by atoms with Crippen molar-refractivity contribution in [1.82, 2.24) is 5.32 Å². The van der Waals surface area contributed by atoms with Crippen molar-refractivity contribution in [1.29, 1.82) is 0 Å². The van der Waals surface area contributed by atoms with Crippen LogP contribution in [0.5, 0.6) is 0 Å². The Labute approximate surface area is 92.6 Å². The van der Waals surface area contributed by atoms with E-state index in [4.69, 9.17) is 4.74 Å². The number of benzene rings is 1. The van der Waals surface area contributed by atoms with E-state index in [0.717, 1.165) is 23.1 Å². The van der Waals surface area contributed by atoms with Gasteiger partial charge in [0.15, 0.2) is 0 Å². The molecule has 1 atom stereocenters. The van der Waals surface area contributed by atoms with Gasteiger partial charge in [0.25, 0.3) is 5.91 Å². The largest absolute Gasteiger partial charge is 0.427 e. The molecule has 4 nitrogen and oxygen atoms in total. The van der Waals surface area contributed by atoms with Crippen molar-refractivity contribution in [2.75, 3.05) is 0 Å². The number of amides is 2. The molecule has 16 heavy (non-hydrogen) atoms. The number of alkyl carbamates (subject to hydrolysis) is 1. The van der Waals surface area contributed by atoms with Crippen molar-refractivity contribution in [3.8, 4) is 0 Å². The number of aryl methyl sites for hydroxylation is 2. The molecule has 1 aromatic carbocycles. The normalized spacial score (nSPS) is 26.8. The third-order valence-electron chi connectivity index (χ3n) is 3.29. The minimum Gasteiger partial charge on any atom is -0.427 e. The van der Waals surface area contributed by atoms with Crippen molar-refractivity contribution < 1.29 is 14.3 Å². The Balaban J connectivity index is 2.15. The topological polar surface area (TPSA) is 55.4 Å². The summed E-state index contributed by atoms with van der Waals surface area (Å²) in [5.41, 5.74) is 2.03. The molecule has 1 aliphatic carbocycles. The van der Waals surface area contributed by atoms with Crippen molar-refractivity contribution in [2.24, 2.45) is 0 Å². The second-order valence-corrected chi connectivity index (χ2v) is 4.33.